The Morgan fingerprint density at radius 3 is 2.11 bits per heavy atom. The molecule has 1 N–H and O–H groups in total. The lowest BCUT2D eigenvalue weighted by Gasteiger charge is -2.16. The van der Waals surface area contributed by atoms with Gasteiger partial charge < -0.3 is 5.32 Å². The highest BCUT2D eigenvalue weighted by molar-refractivity contribution is 6.53. The van der Waals surface area contributed by atoms with E-state index in [4.69, 9.17) is 34.8 Å². The largest absolute Gasteiger partial charge is 0.416 e. The van der Waals surface area contributed by atoms with E-state index in [1.165, 1.54) is 24.3 Å². The average Bonchev–Trinajstić information content (AvgIpc) is 2.77. The van der Waals surface area contributed by atoms with Crippen LogP contribution >= 0.6 is 34.8 Å². The summed E-state index contributed by atoms with van der Waals surface area (Å²) >= 11 is 17.7. The predicted octanol–water partition coefficient (Wildman–Crippen LogP) is 5.45. The molecule has 10 heteroatoms. The number of benzene rings is 2. The minimum Gasteiger partial charge on any atom is -0.350 e. The first-order chi connectivity index (χ1) is 12.6. The molecule has 0 unspecified atom stereocenters. The lowest BCUT2D eigenvalue weighted by Crippen LogP contribution is -2.32. The molecule has 2 aromatic rings. The molecule has 1 heterocycles. The second kappa shape index (κ2) is 7.07. The van der Waals surface area contributed by atoms with E-state index in [0.717, 1.165) is 23.1 Å². The summed E-state index contributed by atoms with van der Waals surface area (Å²) in [6, 6.07) is 8.23. The van der Waals surface area contributed by atoms with Gasteiger partial charge in [-0.1, -0.05) is 40.9 Å². The number of hydrogen-bond donors (Lipinski definition) is 1. The van der Waals surface area contributed by atoms with Crippen LogP contribution in [-0.4, -0.2) is 11.8 Å². The SMILES string of the molecule is O=C1C(Cl)=C(Nc2cccc(C(F)(F)F)c2)C(=O)N1c1cc(Cl)cc(Cl)c1. The number of anilines is 2. The van der Waals surface area contributed by atoms with E-state index < -0.39 is 28.6 Å². The number of halogens is 6. The number of nitrogens with zero attached hydrogens (tertiary/aromatic N) is 1. The normalized spacial score (nSPS) is 15.0. The van der Waals surface area contributed by atoms with Crippen molar-refractivity contribution in [2.75, 3.05) is 10.2 Å². The lowest BCUT2D eigenvalue weighted by molar-refractivity contribution is -0.137. The molecule has 1 aliphatic heterocycles. The topological polar surface area (TPSA) is 49.4 Å². The highest BCUT2D eigenvalue weighted by atomic mass is 35.5. The van der Waals surface area contributed by atoms with Crippen molar-refractivity contribution < 1.29 is 22.8 Å². The van der Waals surface area contributed by atoms with Crippen LogP contribution in [0, 0.1) is 0 Å². The third-order valence-corrected chi connectivity index (χ3v) is 4.38. The van der Waals surface area contributed by atoms with Gasteiger partial charge in [0.2, 0.25) is 0 Å². The molecule has 0 spiro atoms. The third-order valence-electron chi connectivity index (χ3n) is 3.59. The first-order valence-electron chi connectivity index (χ1n) is 7.27. The van der Waals surface area contributed by atoms with Crippen LogP contribution in [0.2, 0.25) is 10.0 Å². The van der Waals surface area contributed by atoms with E-state index in [9.17, 15) is 22.8 Å². The first kappa shape index (κ1) is 19.5. The van der Waals surface area contributed by atoms with Crippen LogP contribution in [0.3, 0.4) is 0 Å². The van der Waals surface area contributed by atoms with Crippen molar-refractivity contribution in [2.24, 2.45) is 0 Å². The summed E-state index contributed by atoms with van der Waals surface area (Å²) < 4.78 is 38.5. The molecular formula is C17H8Cl3F3N2O2. The summed E-state index contributed by atoms with van der Waals surface area (Å²) in [4.78, 5) is 25.7. The molecule has 2 amide bonds. The van der Waals surface area contributed by atoms with Gasteiger partial charge in [-0.05, 0) is 36.4 Å². The fourth-order valence-electron chi connectivity index (χ4n) is 2.43. The monoisotopic (exact) mass is 434 g/mol. The molecule has 140 valence electrons. The van der Waals surface area contributed by atoms with E-state index in [1.807, 2.05) is 0 Å². The highest BCUT2D eigenvalue weighted by Crippen LogP contribution is 2.35. The zero-order valence-corrected chi connectivity index (χ0v) is 15.3. The minimum absolute atomic E-state index is 0.0508. The molecule has 0 aromatic heterocycles. The second-order valence-electron chi connectivity index (χ2n) is 5.47. The molecule has 0 saturated heterocycles. The Balaban J connectivity index is 1.93. The fraction of sp³-hybridized carbons (Fsp3) is 0.0588. The number of nitrogens with one attached hydrogen (secondary N) is 1. The minimum atomic E-state index is -4.56. The van der Waals surface area contributed by atoms with Gasteiger partial charge in [0.05, 0.1) is 11.3 Å². The first-order valence-corrected chi connectivity index (χ1v) is 8.40. The predicted molar refractivity (Wildman–Crippen MR) is 96.9 cm³/mol. The third kappa shape index (κ3) is 3.90. The summed E-state index contributed by atoms with van der Waals surface area (Å²) in [5.41, 5.74) is -1.23. The average molecular weight is 436 g/mol. The van der Waals surface area contributed by atoms with Crippen molar-refractivity contribution in [3.8, 4) is 0 Å². The summed E-state index contributed by atoms with van der Waals surface area (Å²) in [6.45, 7) is 0. The van der Waals surface area contributed by atoms with E-state index in [0.29, 0.717) is 0 Å². The molecule has 3 rings (SSSR count). The number of hydrogen-bond acceptors (Lipinski definition) is 3. The molecule has 1 aliphatic rings. The molecule has 0 radical (unpaired) electrons. The maximum Gasteiger partial charge on any atom is 0.416 e. The number of imide groups is 1. The molecule has 0 saturated carbocycles. The van der Waals surface area contributed by atoms with Crippen molar-refractivity contribution in [3.05, 3.63) is 68.8 Å². The number of carbonyl (C=O) groups excluding carboxylic acids is 2. The van der Waals surface area contributed by atoms with Crippen LogP contribution in [0.4, 0.5) is 24.5 Å². The number of alkyl halides is 3. The van der Waals surface area contributed by atoms with Gasteiger partial charge in [-0.25, -0.2) is 4.90 Å². The molecular weight excluding hydrogens is 428 g/mol. The Hall–Kier alpha value is -2.22. The lowest BCUT2D eigenvalue weighted by atomic mass is 10.2. The van der Waals surface area contributed by atoms with Crippen LogP contribution in [-0.2, 0) is 15.8 Å². The molecule has 4 nitrogen and oxygen atoms in total. The van der Waals surface area contributed by atoms with Gasteiger partial charge in [0.1, 0.15) is 10.7 Å². The van der Waals surface area contributed by atoms with Gasteiger partial charge in [0.15, 0.2) is 0 Å². The quantitative estimate of drug-likeness (QED) is 0.653. The molecule has 0 bridgehead atoms. The van der Waals surface area contributed by atoms with Crippen molar-refractivity contribution >= 4 is 58.0 Å². The van der Waals surface area contributed by atoms with Gasteiger partial charge in [0, 0.05) is 15.7 Å². The van der Waals surface area contributed by atoms with Crippen LogP contribution in [0.5, 0.6) is 0 Å². The van der Waals surface area contributed by atoms with Gasteiger partial charge >= 0.3 is 6.18 Å². The van der Waals surface area contributed by atoms with Crippen LogP contribution in [0.25, 0.3) is 0 Å². The van der Waals surface area contributed by atoms with Gasteiger partial charge in [-0.15, -0.1) is 0 Å². The van der Waals surface area contributed by atoms with Crippen LogP contribution < -0.4 is 10.2 Å². The van der Waals surface area contributed by atoms with Gasteiger partial charge in [0.25, 0.3) is 11.8 Å². The van der Waals surface area contributed by atoms with E-state index in [1.54, 1.807) is 0 Å². The highest BCUT2D eigenvalue weighted by Gasteiger charge is 2.39. The maximum atomic E-state index is 12.8. The number of rotatable bonds is 3. The Labute approximate surface area is 166 Å². The fourth-order valence-corrected chi connectivity index (χ4v) is 3.16. The summed E-state index contributed by atoms with van der Waals surface area (Å²) in [7, 11) is 0. The summed E-state index contributed by atoms with van der Waals surface area (Å²) in [5, 5.41) is 2.39. The smallest absolute Gasteiger partial charge is 0.350 e. The second-order valence-corrected chi connectivity index (χ2v) is 6.72. The molecule has 0 fully saturated rings. The molecule has 27 heavy (non-hydrogen) atoms. The standard InChI is InChI=1S/C17H8Cl3F3N2O2/c18-9-5-10(19)7-12(6-9)25-15(26)13(20)14(16(25)27)24-11-3-1-2-8(4-11)17(21,22)23/h1-7,24H. The summed E-state index contributed by atoms with van der Waals surface area (Å²) in [5.74, 6) is -1.70. The molecule has 0 aliphatic carbocycles. The van der Waals surface area contributed by atoms with Crippen molar-refractivity contribution in [3.63, 3.8) is 0 Å². The zero-order chi connectivity index (χ0) is 19.9. The van der Waals surface area contributed by atoms with E-state index in [2.05, 4.69) is 5.32 Å². The zero-order valence-electron chi connectivity index (χ0n) is 13.1. The van der Waals surface area contributed by atoms with Gasteiger partial charge in [-0.2, -0.15) is 13.2 Å². The van der Waals surface area contributed by atoms with E-state index >= 15 is 0 Å². The molecule has 2 aromatic carbocycles. The van der Waals surface area contributed by atoms with Crippen LogP contribution in [0.15, 0.2) is 53.2 Å². The maximum absolute atomic E-state index is 12.8. The Morgan fingerprint density at radius 1 is 0.889 bits per heavy atom. The Kier molecular flexibility index (Phi) is 5.12. The number of amides is 2. The van der Waals surface area contributed by atoms with Crippen LogP contribution in [0.1, 0.15) is 5.56 Å². The number of carbonyl (C=O) groups is 2. The Bertz CT molecular complexity index is 969. The van der Waals surface area contributed by atoms with Crippen molar-refractivity contribution in [1.29, 1.82) is 0 Å². The summed E-state index contributed by atoms with van der Waals surface area (Å²) in [6.07, 6.45) is -4.56. The van der Waals surface area contributed by atoms with Gasteiger partial charge in [-0.3, -0.25) is 9.59 Å². The van der Waals surface area contributed by atoms with Crippen molar-refractivity contribution in [2.45, 2.75) is 6.18 Å². The van der Waals surface area contributed by atoms with E-state index in [-0.39, 0.29) is 27.1 Å². The van der Waals surface area contributed by atoms with Crippen molar-refractivity contribution in [1.82, 2.24) is 0 Å². The molecule has 0 atom stereocenters. The Morgan fingerprint density at radius 2 is 1.52 bits per heavy atom.